The fourth-order valence-electron chi connectivity index (χ4n) is 2.83. The van der Waals surface area contributed by atoms with Crippen LogP contribution in [0.3, 0.4) is 0 Å². The maximum atomic E-state index is 11.9. The zero-order chi connectivity index (χ0) is 14.8. The van der Waals surface area contributed by atoms with E-state index in [4.69, 9.17) is 4.74 Å². The second kappa shape index (κ2) is 5.57. The molecule has 0 N–H and O–H groups in total. The number of fused-ring (bicyclic) bond motifs is 2. The quantitative estimate of drug-likeness (QED) is 0.524. The van der Waals surface area contributed by atoms with E-state index in [-0.39, 0.29) is 5.97 Å². The van der Waals surface area contributed by atoms with E-state index in [9.17, 15) is 4.79 Å². The van der Waals surface area contributed by atoms with Crippen LogP contribution in [0.1, 0.15) is 18.1 Å². The molecule has 0 aliphatic carbocycles. The van der Waals surface area contributed by atoms with Crippen molar-refractivity contribution in [3.63, 3.8) is 0 Å². The predicted octanol–water partition coefficient (Wildman–Crippen LogP) is 4.41. The Hall–Kier alpha value is -2.35. The highest BCUT2D eigenvalue weighted by molar-refractivity contribution is 6.04. The Balaban J connectivity index is 2.27. The standard InChI is InChI=1S/C19H18O2/c1-3-21-19(20)12-18-16-7-5-4-6-14(16)11-15-10-13(2)8-9-17(15)18/h4-11H,3,12H2,1-2H3. The first-order valence-electron chi connectivity index (χ1n) is 7.25. The van der Waals surface area contributed by atoms with Gasteiger partial charge in [0.05, 0.1) is 13.0 Å². The first kappa shape index (κ1) is 13.6. The predicted molar refractivity (Wildman–Crippen MR) is 86.5 cm³/mol. The molecule has 0 radical (unpaired) electrons. The molecule has 0 aromatic heterocycles. The van der Waals surface area contributed by atoms with E-state index < -0.39 is 0 Å². The van der Waals surface area contributed by atoms with Crippen LogP contribution in [0.2, 0.25) is 0 Å². The second-order valence-corrected chi connectivity index (χ2v) is 5.28. The minimum absolute atomic E-state index is 0.171. The Morgan fingerprint density at radius 3 is 2.57 bits per heavy atom. The van der Waals surface area contributed by atoms with Crippen molar-refractivity contribution in [3.8, 4) is 0 Å². The average Bonchev–Trinajstić information content (AvgIpc) is 2.47. The molecule has 0 fully saturated rings. The Labute approximate surface area is 124 Å². The van der Waals surface area contributed by atoms with Crippen LogP contribution in [0.25, 0.3) is 21.5 Å². The summed E-state index contributed by atoms with van der Waals surface area (Å²) in [4.78, 5) is 11.9. The molecule has 106 valence electrons. The molecule has 0 saturated heterocycles. The molecule has 0 heterocycles. The van der Waals surface area contributed by atoms with Crippen molar-refractivity contribution in [1.82, 2.24) is 0 Å². The fraction of sp³-hybridized carbons (Fsp3) is 0.211. The molecule has 0 spiro atoms. The lowest BCUT2D eigenvalue weighted by Gasteiger charge is -2.11. The lowest BCUT2D eigenvalue weighted by atomic mass is 9.94. The molecule has 21 heavy (non-hydrogen) atoms. The van der Waals surface area contributed by atoms with E-state index in [2.05, 4.69) is 43.3 Å². The van der Waals surface area contributed by atoms with Crippen molar-refractivity contribution < 1.29 is 9.53 Å². The van der Waals surface area contributed by atoms with Crippen molar-refractivity contribution in [2.45, 2.75) is 20.3 Å². The summed E-state index contributed by atoms with van der Waals surface area (Å²) in [6, 6.07) is 16.7. The SMILES string of the molecule is CCOC(=O)Cc1c2ccccc2cc2cc(C)ccc12. The van der Waals surface area contributed by atoms with Crippen LogP contribution < -0.4 is 0 Å². The van der Waals surface area contributed by atoms with Crippen LogP contribution in [-0.2, 0) is 16.0 Å². The van der Waals surface area contributed by atoms with Crippen molar-refractivity contribution in [3.05, 3.63) is 59.7 Å². The number of hydrogen-bond donors (Lipinski definition) is 0. The monoisotopic (exact) mass is 278 g/mol. The second-order valence-electron chi connectivity index (χ2n) is 5.28. The summed E-state index contributed by atoms with van der Waals surface area (Å²) in [5.74, 6) is -0.171. The van der Waals surface area contributed by atoms with E-state index >= 15 is 0 Å². The van der Waals surface area contributed by atoms with Gasteiger partial charge in [-0.3, -0.25) is 4.79 Å². The normalized spacial score (nSPS) is 11.0. The molecule has 0 atom stereocenters. The van der Waals surface area contributed by atoms with E-state index in [0.29, 0.717) is 13.0 Å². The molecule has 0 bridgehead atoms. The van der Waals surface area contributed by atoms with Crippen LogP contribution in [0, 0.1) is 6.92 Å². The lowest BCUT2D eigenvalue weighted by Crippen LogP contribution is -2.08. The molecule has 0 amide bonds. The molecule has 0 aliphatic heterocycles. The third-order valence-electron chi connectivity index (χ3n) is 3.76. The molecular weight excluding hydrogens is 260 g/mol. The van der Waals surface area contributed by atoms with E-state index in [1.807, 2.05) is 19.1 Å². The summed E-state index contributed by atoms with van der Waals surface area (Å²) in [5.41, 5.74) is 2.28. The number of aryl methyl sites for hydroxylation is 1. The van der Waals surface area contributed by atoms with Crippen LogP contribution in [0.15, 0.2) is 48.5 Å². The molecule has 3 aromatic carbocycles. The number of carbonyl (C=O) groups excluding carboxylic acids is 1. The zero-order valence-electron chi connectivity index (χ0n) is 12.3. The van der Waals surface area contributed by atoms with E-state index in [1.165, 1.54) is 10.9 Å². The maximum absolute atomic E-state index is 11.9. The van der Waals surface area contributed by atoms with Gasteiger partial charge in [-0.1, -0.05) is 48.0 Å². The van der Waals surface area contributed by atoms with Gasteiger partial charge in [-0.05, 0) is 47.0 Å². The maximum Gasteiger partial charge on any atom is 0.310 e. The fourth-order valence-corrected chi connectivity index (χ4v) is 2.83. The van der Waals surface area contributed by atoms with Crippen molar-refractivity contribution >= 4 is 27.5 Å². The zero-order valence-corrected chi connectivity index (χ0v) is 12.3. The molecule has 0 saturated carbocycles. The molecule has 0 unspecified atom stereocenters. The largest absolute Gasteiger partial charge is 0.466 e. The lowest BCUT2D eigenvalue weighted by molar-refractivity contribution is -0.142. The number of ether oxygens (including phenoxy) is 1. The van der Waals surface area contributed by atoms with Crippen molar-refractivity contribution in [2.75, 3.05) is 6.61 Å². The first-order valence-corrected chi connectivity index (χ1v) is 7.25. The summed E-state index contributed by atoms with van der Waals surface area (Å²) in [6.45, 7) is 4.34. The highest BCUT2D eigenvalue weighted by atomic mass is 16.5. The summed E-state index contributed by atoms with van der Waals surface area (Å²) in [6.07, 6.45) is 0.314. The Morgan fingerprint density at radius 2 is 1.76 bits per heavy atom. The van der Waals surface area contributed by atoms with Gasteiger partial charge in [-0.2, -0.15) is 0 Å². The van der Waals surface area contributed by atoms with E-state index in [1.54, 1.807) is 0 Å². The highest BCUT2D eigenvalue weighted by Gasteiger charge is 2.12. The molecule has 3 rings (SSSR count). The summed E-state index contributed by atoms with van der Waals surface area (Å²) in [7, 11) is 0. The Morgan fingerprint density at radius 1 is 1.00 bits per heavy atom. The average molecular weight is 278 g/mol. The van der Waals surface area contributed by atoms with Gasteiger partial charge in [-0.15, -0.1) is 0 Å². The minimum atomic E-state index is -0.171. The van der Waals surface area contributed by atoms with Gasteiger partial charge in [-0.25, -0.2) is 0 Å². The topological polar surface area (TPSA) is 26.3 Å². The van der Waals surface area contributed by atoms with Gasteiger partial charge in [0.15, 0.2) is 0 Å². The third kappa shape index (κ3) is 2.62. The molecule has 0 aliphatic rings. The Bertz CT molecular complexity index is 818. The van der Waals surface area contributed by atoms with E-state index in [0.717, 1.165) is 21.7 Å². The summed E-state index contributed by atoms with van der Waals surface area (Å²) >= 11 is 0. The van der Waals surface area contributed by atoms with Gasteiger partial charge in [0.2, 0.25) is 0 Å². The van der Waals surface area contributed by atoms with Crippen molar-refractivity contribution in [2.24, 2.45) is 0 Å². The molecular formula is C19H18O2. The Kier molecular flexibility index (Phi) is 3.61. The van der Waals surface area contributed by atoms with Crippen LogP contribution >= 0.6 is 0 Å². The summed E-state index contributed by atoms with van der Waals surface area (Å²) in [5, 5.41) is 4.59. The minimum Gasteiger partial charge on any atom is -0.466 e. The van der Waals surface area contributed by atoms with Crippen LogP contribution in [0.5, 0.6) is 0 Å². The van der Waals surface area contributed by atoms with Gasteiger partial charge < -0.3 is 4.74 Å². The number of hydrogen-bond acceptors (Lipinski definition) is 2. The van der Waals surface area contributed by atoms with Crippen LogP contribution in [0.4, 0.5) is 0 Å². The molecule has 2 heteroatoms. The highest BCUT2D eigenvalue weighted by Crippen LogP contribution is 2.29. The first-order chi connectivity index (χ1) is 10.2. The van der Waals surface area contributed by atoms with Gasteiger partial charge in [0, 0.05) is 0 Å². The number of esters is 1. The van der Waals surface area contributed by atoms with Gasteiger partial charge in [0.25, 0.3) is 0 Å². The third-order valence-corrected chi connectivity index (χ3v) is 3.76. The smallest absolute Gasteiger partial charge is 0.310 e. The summed E-state index contributed by atoms with van der Waals surface area (Å²) < 4.78 is 5.13. The number of benzene rings is 3. The van der Waals surface area contributed by atoms with Gasteiger partial charge >= 0.3 is 5.97 Å². The molecule has 3 aromatic rings. The van der Waals surface area contributed by atoms with Gasteiger partial charge in [0.1, 0.15) is 0 Å². The number of rotatable bonds is 3. The van der Waals surface area contributed by atoms with Crippen molar-refractivity contribution in [1.29, 1.82) is 0 Å². The number of carbonyl (C=O) groups is 1. The van der Waals surface area contributed by atoms with Crippen LogP contribution in [-0.4, -0.2) is 12.6 Å². The molecule has 2 nitrogen and oxygen atoms in total.